The van der Waals surface area contributed by atoms with Gasteiger partial charge in [-0.25, -0.2) is 0 Å². The number of hydrogen-bond acceptors (Lipinski definition) is 5. The fourth-order valence-electron chi connectivity index (χ4n) is 1.75. The third-order valence-electron chi connectivity index (χ3n) is 2.96. The zero-order chi connectivity index (χ0) is 14.3. The number of nitrogens with two attached hydrogens (primary N) is 1. The number of aliphatic hydroxyl groups is 2. The number of aliphatic hydroxyl groups excluding tert-OH is 2. The van der Waals surface area contributed by atoms with Gasteiger partial charge in [0, 0.05) is 12.5 Å². The molecule has 0 aliphatic rings. The number of hydrogen-bond donors (Lipinski definition) is 5. The Kier molecular flexibility index (Phi) is 5.75. The summed E-state index contributed by atoms with van der Waals surface area (Å²) in [6, 6.07) is 9.19. The maximum absolute atomic E-state index is 9.34. The van der Waals surface area contributed by atoms with E-state index >= 15 is 0 Å². The fraction of sp³-hybridized carbons (Fsp3) is 0.462. The van der Waals surface area contributed by atoms with Gasteiger partial charge in [0.05, 0.1) is 18.8 Å². The van der Waals surface area contributed by atoms with Crippen LogP contribution in [0, 0.1) is 0 Å². The zero-order valence-electron chi connectivity index (χ0n) is 11.0. The number of rotatable bonds is 7. The molecule has 1 aromatic rings. The molecule has 1 aromatic carbocycles. The van der Waals surface area contributed by atoms with E-state index in [0.29, 0.717) is 0 Å². The lowest BCUT2D eigenvalue weighted by molar-refractivity contribution is 0.0943. The molecular formula is C13H21N3O3. The van der Waals surface area contributed by atoms with Crippen molar-refractivity contribution in [3.63, 3.8) is 0 Å². The van der Waals surface area contributed by atoms with Crippen molar-refractivity contribution in [2.24, 2.45) is 10.9 Å². The van der Waals surface area contributed by atoms with Crippen LogP contribution in [0.25, 0.3) is 0 Å². The Morgan fingerprint density at radius 1 is 1.32 bits per heavy atom. The molecule has 1 atom stereocenters. The second kappa shape index (κ2) is 7.08. The maximum atomic E-state index is 9.34. The molecule has 6 N–H and O–H groups in total. The summed E-state index contributed by atoms with van der Waals surface area (Å²) >= 11 is 0. The Morgan fingerprint density at radius 3 is 2.37 bits per heavy atom. The van der Waals surface area contributed by atoms with Crippen LogP contribution in [0.15, 0.2) is 35.5 Å². The summed E-state index contributed by atoms with van der Waals surface area (Å²) in [4.78, 5) is 0. The third-order valence-corrected chi connectivity index (χ3v) is 2.96. The van der Waals surface area contributed by atoms with Gasteiger partial charge in [0.2, 0.25) is 0 Å². The van der Waals surface area contributed by atoms with Gasteiger partial charge in [0.1, 0.15) is 5.84 Å². The third kappa shape index (κ3) is 4.51. The molecule has 0 aromatic heterocycles. The summed E-state index contributed by atoms with van der Waals surface area (Å²) in [7, 11) is 0. The van der Waals surface area contributed by atoms with Gasteiger partial charge in [0.25, 0.3) is 0 Å². The predicted molar refractivity (Wildman–Crippen MR) is 72.9 cm³/mol. The Balaban J connectivity index is 2.93. The molecule has 0 saturated carbocycles. The van der Waals surface area contributed by atoms with Crippen molar-refractivity contribution in [1.29, 1.82) is 0 Å². The highest BCUT2D eigenvalue weighted by molar-refractivity contribution is 5.80. The maximum Gasteiger partial charge on any atom is 0.141 e. The van der Waals surface area contributed by atoms with Gasteiger partial charge in [-0.15, -0.1) is 0 Å². The minimum absolute atomic E-state index is 0.0829. The molecule has 0 heterocycles. The van der Waals surface area contributed by atoms with Crippen molar-refractivity contribution in [3.05, 3.63) is 35.9 Å². The highest BCUT2D eigenvalue weighted by Crippen LogP contribution is 2.20. The second-order valence-electron chi connectivity index (χ2n) is 4.78. The summed E-state index contributed by atoms with van der Waals surface area (Å²) in [5.74, 6) is 0.0829. The van der Waals surface area contributed by atoms with Crippen LogP contribution >= 0.6 is 0 Å². The molecule has 1 unspecified atom stereocenters. The van der Waals surface area contributed by atoms with E-state index in [1.165, 1.54) is 0 Å². The molecule has 0 amide bonds. The topological polar surface area (TPSA) is 111 Å². The quantitative estimate of drug-likeness (QED) is 0.210. The molecule has 19 heavy (non-hydrogen) atoms. The van der Waals surface area contributed by atoms with E-state index < -0.39 is 5.54 Å². The lowest BCUT2D eigenvalue weighted by Crippen LogP contribution is -2.51. The number of nitrogens with one attached hydrogen (secondary N) is 1. The summed E-state index contributed by atoms with van der Waals surface area (Å²) in [5.41, 5.74) is 5.64. The van der Waals surface area contributed by atoms with Crippen molar-refractivity contribution in [3.8, 4) is 0 Å². The van der Waals surface area contributed by atoms with Crippen molar-refractivity contribution in [2.45, 2.75) is 24.9 Å². The molecule has 6 heteroatoms. The standard InChI is InChI=1S/C13H21N3O3/c1-13(8-17,9-18)15-11(7-12(14)16-19)10-5-3-2-4-6-10/h2-6,11,15,17-19H,7-9H2,1H3,(H2,14,16). The second-order valence-corrected chi connectivity index (χ2v) is 4.78. The van der Waals surface area contributed by atoms with Gasteiger partial charge in [-0.05, 0) is 12.5 Å². The summed E-state index contributed by atoms with van der Waals surface area (Å²) in [5, 5.41) is 33.5. The first-order chi connectivity index (χ1) is 9.04. The average molecular weight is 267 g/mol. The first-order valence-corrected chi connectivity index (χ1v) is 6.05. The van der Waals surface area contributed by atoms with E-state index in [9.17, 15) is 10.2 Å². The van der Waals surface area contributed by atoms with Gasteiger partial charge in [0.15, 0.2) is 0 Å². The minimum atomic E-state index is -0.837. The van der Waals surface area contributed by atoms with Crippen LogP contribution in [0.3, 0.4) is 0 Å². The highest BCUT2D eigenvalue weighted by atomic mass is 16.4. The first-order valence-electron chi connectivity index (χ1n) is 6.05. The molecule has 0 spiro atoms. The molecule has 0 fully saturated rings. The molecule has 6 nitrogen and oxygen atoms in total. The largest absolute Gasteiger partial charge is 0.409 e. The fourth-order valence-corrected chi connectivity index (χ4v) is 1.75. The Hall–Kier alpha value is -1.63. The molecule has 1 rings (SSSR count). The predicted octanol–water partition coefficient (Wildman–Crippen LogP) is 0.197. The van der Waals surface area contributed by atoms with Crippen molar-refractivity contribution in [2.75, 3.05) is 13.2 Å². The zero-order valence-corrected chi connectivity index (χ0v) is 11.0. The van der Waals surface area contributed by atoms with Crippen LogP contribution < -0.4 is 11.1 Å². The Labute approximate surface area is 112 Å². The van der Waals surface area contributed by atoms with E-state index in [1.54, 1.807) is 6.92 Å². The van der Waals surface area contributed by atoms with Gasteiger partial charge in [-0.2, -0.15) is 0 Å². The van der Waals surface area contributed by atoms with Crippen LogP contribution in [-0.2, 0) is 0 Å². The average Bonchev–Trinajstić information content (AvgIpc) is 2.47. The monoisotopic (exact) mass is 267 g/mol. The first kappa shape index (κ1) is 15.4. The normalized spacial score (nSPS) is 14.4. The summed E-state index contributed by atoms with van der Waals surface area (Å²) in [6.07, 6.45) is 0.274. The Morgan fingerprint density at radius 2 is 1.89 bits per heavy atom. The lowest BCUT2D eigenvalue weighted by atomic mass is 9.97. The number of benzene rings is 1. The van der Waals surface area contributed by atoms with Gasteiger partial charge in [-0.3, -0.25) is 0 Å². The smallest absolute Gasteiger partial charge is 0.141 e. The molecule has 0 saturated heterocycles. The van der Waals surface area contributed by atoms with Crippen LogP contribution in [0.4, 0.5) is 0 Å². The number of oxime groups is 1. The van der Waals surface area contributed by atoms with E-state index in [1.807, 2.05) is 30.3 Å². The SMILES string of the molecule is CC(CO)(CO)NC(C/C(N)=N/O)c1ccccc1. The van der Waals surface area contributed by atoms with Crippen LogP contribution in [0.1, 0.15) is 24.9 Å². The van der Waals surface area contributed by atoms with Crippen molar-refractivity contribution >= 4 is 5.84 Å². The number of amidine groups is 1. The highest BCUT2D eigenvalue weighted by Gasteiger charge is 2.27. The molecule has 106 valence electrons. The minimum Gasteiger partial charge on any atom is -0.409 e. The van der Waals surface area contributed by atoms with Crippen LogP contribution in [-0.4, -0.2) is 40.0 Å². The summed E-state index contributed by atoms with van der Waals surface area (Å²) < 4.78 is 0. The van der Waals surface area contributed by atoms with Crippen LogP contribution in [0.5, 0.6) is 0 Å². The van der Waals surface area contributed by atoms with Gasteiger partial charge < -0.3 is 26.5 Å². The molecule has 0 bridgehead atoms. The summed E-state index contributed by atoms with van der Waals surface area (Å²) in [6.45, 7) is 1.27. The van der Waals surface area contributed by atoms with Crippen molar-refractivity contribution in [1.82, 2.24) is 5.32 Å². The lowest BCUT2D eigenvalue weighted by Gasteiger charge is -2.32. The van der Waals surface area contributed by atoms with E-state index in [2.05, 4.69) is 10.5 Å². The van der Waals surface area contributed by atoms with Gasteiger partial charge >= 0.3 is 0 Å². The molecular weight excluding hydrogens is 246 g/mol. The molecule has 0 aliphatic carbocycles. The van der Waals surface area contributed by atoms with Crippen molar-refractivity contribution < 1.29 is 15.4 Å². The van der Waals surface area contributed by atoms with E-state index in [0.717, 1.165) is 5.56 Å². The van der Waals surface area contributed by atoms with E-state index in [4.69, 9.17) is 10.9 Å². The Bertz CT molecular complexity index is 405. The number of nitrogens with zero attached hydrogens (tertiary/aromatic N) is 1. The van der Waals surface area contributed by atoms with Gasteiger partial charge in [-0.1, -0.05) is 35.5 Å². The van der Waals surface area contributed by atoms with E-state index in [-0.39, 0.29) is 31.5 Å². The molecule has 0 radical (unpaired) electrons. The molecule has 0 aliphatic heterocycles. The van der Waals surface area contributed by atoms with Crippen LogP contribution in [0.2, 0.25) is 0 Å².